The molecule has 0 aliphatic rings. The zero-order valence-corrected chi connectivity index (χ0v) is 11.1. The summed E-state index contributed by atoms with van der Waals surface area (Å²) in [6, 6.07) is 5.58. The molecule has 0 spiro atoms. The molecule has 0 bridgehead atoms. The number of rotatable bonds is 5. The van der Waals surface area contributed by atoms with Crippen LogP contribution in [-0.4, -0.2) is 27.2 Å². The highest BCUT2D eigenvalue weighted by Gasteiger charge is 2.12. The van der Waals surface area contributed by atoms with E-state index >= 15 is 0 Å². The van der Waals surface area contributed by atoms with E-state index in [9.17, 15) is 5.11 Å². The van der Waals surface area contributed by atoms with Gasteiger partial charge in [-0.1, -0.05) is 13.0 Å². The smallest absolute Gasteiger partial charge is 0.216 e. The molecule has 0 radical (unpaired) electrons. The number of pyridine rings is 1. The lowest BCUT2D eigenvalue weighted by Crippen LogP contribution is -2.06. The Hall–Kier alpha value is -2.01. The highest BCUT2D eigenvalue weighted by Crippen LogP contribution is 2.18. The lowest BCUT2D eigenvalue weighted by atomic mass is 10.1. The quantitative estimate of drug-likeness (QED) is 0.885. The zero-order valence-electron chi connectivity index (χ0n) is 11.1. The molecule has 1 unspecified atom stereocenters. The number of hydrogen-bond donors (Lipinski definition) is 1. The summed E-state index contributed by atoms with van der Waals surface area (Å²) in [6.45, 7) is 2.08. The molecule has 2 heterocycles. The van der Waals surface area contributed by atoms with Crippen molar-refractivity contribution >= 4 is 0 Å². The van der Waals surface area contributed by atoms with Crippen molar-refractivity contribution in [2.75, 3.05) is 7.11 Å². The fraction of sp³-hybridized carbons (Fsp3) is 0.357. The van der Waals surface area contributed by atoms with Crippen LogP contribution in [0.4, 0.5) is 0 Å². The second kappa shape index (κ2) is 6.24. The van der Waals surface area contributed by atoms with Crippen molar-refractivity contribution in [3.05, 3.63) is 47.7 Å². The molecule has 0 amide bonds. The van der Waals surface area contributed by atoms with Gasteiger partial charge in [-0.2, -0.15) is 0 Å². The lowest BCUT2D eigenvalue weighted by Gasteiger charge is -2.10. The van der Waals surface area contributed by atoms with Crippen LogP contribution in [-0.2, 0) is 12.8 Å². The molecule has 1 atom stereocenters. The summed E-state index contributed by atoms with van der Waals surface area (Å²) in [5.41, 5.74) is 2.55. The molecular weight excluding hydrogens is 242 g/mol. The summed E-state index contributed by atoms with van der Waals surface area (Å²) in [7, 11) is 1.53. The molecule has 0 saturated heterocycles. The van der Waals surface area contributed by atoms with E-state index in [1.165, 1.54) is 19.0 Å². The van der Waals surface area contributed by atoms with Gasteiger partial charge in [0.1, 0.15) is 12.4 Å². The van der Waals surface area contributed by atoms with E-state index in [1.54, 1.807) is 6.07 Å². The van der Waals surface area contributed by atoms with Gasteiger partial charge in [-0.05, 0) is 18.1 Å². The van der Waals surface area contributed by atoms with Crippen LogP contribution in [0.1, 0.15) is 30.0 Å². The predicted molar refractivity (Wildman–Crippen MR) is 70.9 cm³/mol. The molecule has 5 heteroatoms. The molecule has 19 heavy (non-hydrogen) atoms. The number of ether oxygens (including phenoxy) is 1. The zero-order chi connectivity index (χ0) is 13.7. The van der Waals surface area contributed by atoms with Gasteiger partial charge in [0.25, 0.3) is 0 Å². The second-order valence-corrected chi connectivity index (χ2v) is 4.22. The Labute approximate surface area is 112 Å². The van der Waals surface area contributed by atoms with Gasteiger partial charge in [-0.3, -0.25) is 4.98 Å². The average molecular weight is 259 g/mol. The van der Waals surface area contributed by atoms with Crippen LogP contribution in [0.25, 0.3) is 0 Å². The molecule has 0 fully saturated rings. The standard InChI is InChI=1S/C14H17N3O2/c1-3-10-4-5-11(15-8-10)6-13(18)12-7-14(19-2)17-9-16-12/h4-5,7-9,13,18H,3,6H2,1-2H3. The Morgan fingerprint density at radius 2 is 2.11 bits per heavy atom. The van der Waals surface area contributed by atoms with Crippen molar-refractivity contribution in [3.63, 3.8) is 0 Å². The van der Waals surface area contributed by atoms with Crippen LogP contribution in [0.5, 0.6) is 5.88 Å². The van der Waals surface area contributed by atoms with E-state index in [4.69, 9.17) is 4.74 Å². The first-order chi connectivity index (χ1) is 9.22. The Balaban J connectivity index is 2.08. The van der Waals surface area contributed by atoms with Gasteiger partial charge in [0, 0.05) is 24.4 Å². The molecule has 5 nitrogen and oxygen atoms in total. The van der Waals surface area contributed by atoms with Crippen molar-refractivity contribution < 1.29 is 9.84 Å². The van der Waals surface area contributed by atoms with Crippen molar-refractivity contribution in [3.8, 4) is 5.88 Å². The highest BCUT2D eigenvalue weighted by molar-refractivity contribution is 5.19. The predicted octanol–water partition coefficient (Wildman–Crippen LogP) is 1.72. The number of aryl methyl sites for hydroxylation is 1. The van der Waals surface area contributed by atoms with Gasteiger partial charge in [0.2, 0.25) is 5.88 Å². The van der Waals surface area contributed by atoms with Gasteiger partial charge in [0.15, 0.2) is 0 Å². The maximum absolute atomic E-state index is 10.1. The highest BCUT2D eigenvalue weighted by atomic mass is 16.5. The third kappa shape index (κ3) is 3.48. The summed E-state index contributed by atoms with van der Waals surface area (Å²) in [6.07, 6.45) is 3.88. The third-order valence-electron chi connectivity index (χ3n) is 2.91. The van der Waals surface area contributed by atoms with Crippen LogP contribution in [0.15, 0.2) is 30.7 Å². The van der Waals surface area contributed by atoms with Gasteiger partial charge in [0.05, 0.1) is 12.8 Å². The SMILES string of the molecule is CCc1ccc(CC(O)c2cc(OC)ncn2)nc1. The molecule has 100 valence electrons. The normalized spacial score (nSPS) is 12.2. The number of methoxy groups -OCH3 is 1. The fourth-order valence-electron chi connectivity index (χ4n) is 1.74. The second-order valence-electron chi connectivity index (χ2n) is 4.22. The molecule has 0 saturated carbocycles. The summed E-state index contributed by atoms with van der Waals surface area (Å²) < 4.78 is 5.01. The van der Waals surface area contributed by atoms with E-state index in [1.807, 2.05) is 18.3 Å². The summed E-state index contributed by atoms with van der Waals surface area (Å²) in [5.74, 6) is 0.443. The monoisotopic (exact) mass is 259 g/mol. The average Bonchev–Trinajstić information content (AvgIpc) is 2.48. The largest absolute Gasteiger partial charge is 0.481 e. The maximum Gasteiger partial charge on any atom is 0.216 e. The number of aliphatic hydroxyl groups excluding tert-OH is 1. The molecule has 0 aliphatic heterocycles. The minimum atomic E-state index is -0.711. The van der Waals surface area contributed by atoms with E-state index in [2.05, 4.69) is 21.9 Å². The van der Waals surface area contributed by atoms with E-state index in [0.717, 1.165) is 12.1 Å². The van der Waals surface area contributed by atoms with Gasteiger partial charge >= 0.3 is 0 Å². The first-order valence-electron chi connectivity index (χ1n) is 6.20. The van der Waals surface area contributed by atoms with Crippen LogP contribution in [0, 0.1) is 0 Å². The van der Waals surface area contributed by atoms with E-state index in [0.29, 0.717) is 18.0 Å². The van der Waals surface area contributed by atoms with Crippen molar-refractivity contribution in [1.82, 2.24) is 15.0 Å². The minimum Gasteiger partial charge on any atom is -0.481 e. The minimum absolute atomic E-state index is 0.421. The first-order valence-corrected chi connectivity index (χ1v) is 6.20. The summed E-state index contributed by atoms with van der Waals surface area (Å²) in [4.78, 5) is 12.3. The molecule has 2 aromatic heterocycles. The van der Waals surface area contributed by atoms with E-state index in [-0.39, 0.29) is 0 Å². The lowest BCUT2D eigenvalue weighted by molar-refractivity contribution is 0.171. The molecule has 0 aliphatic carbocycles. The Bertz CT molecular complexity index is 528. The summed E-state index contributed by atoms with van der Waals surface area (Å²) in [5, 5.41) is 10.1. The van der Waals surface area contributed by atoms with Gasteiger partial charge < -0.3 is 9.84 Å². The first kappa shape index (κ1) is 13.4. The summed E-state index contributed by atoms with van der Waals surface area (Å²) >= 11 is 0. The number of aromatic nitrogens is 3. The van der Waals surface area contributed by atoms with Crippen LogP contribution < -0.4 is 4.74 Å². The number of aliphatic hydroxyl groups is 1. The van der Waals surface area contributed by atoms with Crippen molar-refractivity contribution in [2.45, 2.75) is 25.9 Å². The van der Waals surface area contributed by atoms with E-state index < -0.39 is 6.10 Å². The number of nitrogens with zero attached hydrogens (tertiary/aromatic N) is 3. The van der Waals surface area contributed by atoms with Crippen molar-refractivity contribution in [1.29, 1.82) is 0 Å². The molecule has 2 rings (SSSR count). The molecular formula is C14H17N3O2. The molecule has 2 aromatic rings. The van der Waals surface area contributed by atoms with Crippen LogP contribution >= 0.6 is 0 Å². The van der Waals surface area contributed by atoms with Gasteiger partial charge in [-0.25, -0.2) is 9.97 Å². The van der Waals surface area contributed by atoms with Crippen molar-refractivity contribution in [2.24, 2.45) is 0 Å². The van der Waals surface area contributed by atoms with Crippen LogP contribution in [0.3, 0.4) is 0 Å². The van der Waals surface area contributed by atoms with Crippen LogP contribution in [0.2, 0.25) is 0 Å². The fourth-order valence-corrected chi connectivity index (χ4v) is 1.74. The Kier molecular flexibility index (Phi) is 4.41. The Morgan fingerprint density at radius 3 is 2.74 bits per heavy atom. The van der Waals surface area contributed by atoms with Gasteiger partial charge in [-0.15, -0.1) is 0 Å². The topological polar surface area (TPSA) is 68.1 Å². The molecule has 0 aromatic carbocycles. The third-order valence-corrected chi connectivity index (χ3v) is 2.91. The number of hydrogen-bond acceptors (Lipinski definition) is 5. The Morgan fingerprint density at radius 1 is 1.26 bits per heavy atom. The molecule has 1 N–H and O–H groups in total. The maximum atomic E-state index is 10.1.